The highest BCUT2D eigenvalue weighted by Gasteiger charge is 2.52. The Morgan fingerprint density at radius 2 is 0.608 bits per heavy atom. The van der Waals surface area contributed by atoms with E-state index in [1.807, 2.05) is 0 Å². The Morgan fingerprint density at radius 1 is 0.203 bits per heavy atom. The third-order valence-corrected chi connectivity index (χ3v) is 16.0. The van der Waals surface area contributed by atoms with Crippen LogP contribution in [-0.2, 0) is 5.41 Å². The normalized spacial score (nSPS) is 12.7. The first kappa shape index (κ1) is 42.2. The van der Waals surface area contributed by atoms with Gasteiger partial charge in [0.25, 0.3) is 0 Å². The molecular formula is C73H47N. The third kappa shape index (κ3) is 6.30. The Balaban J connectivity index is 1.12. The van der Waals surface area contributed by atoms with Crippen LogP contribution in [0.2, 0.25) is 0 Å². The van der Waals surface area contributed by atoms with Crippen molar-refractivity contribution in [2.75, 3.05) is 4.90 Å². The highest BCUT2D eigenvalue weighted by Crippen LogP contribution is 2.64. The van der Waals surface area contributed by atoms with Crippen LogP contribution in [-0.4, -0.2) is 0 Å². The molecule has 13 aromatic carbocycles. The van der Waals surface area contributed by atoms with E-state index in [1.54, 1.807) is 0 Å². The zero-order valence-electron chi connectivity index (χ0n) is 40.6. The Hall–Kier alpha value is -9.56. The summed E-state index contributed by atoms with van der Waals surface area (Å²) in [6.45, 7) is 0. The molecule has 2 aliphatic rings. The van der Waals surface area contributed by atoms with Gasteiger partial charge in [-0.05, 0) is 158 Å². The number of hydrogen-bond donors (Lipinski definition) is 0. The number of hydrogen-bond acceptors (Lipinski definition) is 1. The van der Waals surface area contributed by atoms with E-state index in [0.29, 0.717) is 0 Å². The van der Waals surface area contributed by atoms with Crippen LogP contribution in [0.15, 0.2) is 285 Å². The second-order valence-corrected chi connectivity index (χ2v) is 19.9. The molecular weight excluding hydrogens is 891 g/mol. The van der Waals surface area contributed by atoms with Crippen LogP contribution in [0.25, 0.3) is 99.1 Å². The molecule has 0 saturated carbocycles. The minimum absolute atomic E-state index is 0.559. The van der Waals surface area contributed by atoms with E-state index in [4.69, 9.17) is 0 Å². The van der Waals surface area contributed by atoms with E-state index in [0.717, 1.165) is 33.8 Å². The third-order valence-electron chi connectivity index (χ3n) is 16.0. The maximum absolute atomic E-state index is 2.59. The van der Waals surface area contributed by atoms with Gasteiger partial charge in [-0.15, -0.1) is 0 Å². The summed E-state index contributed by atoms with van der Waals surface area (Å²) < 4.78 is 0. The summed E-state index contributed by atoms with van der Waals surface area (Å²) in [7, 11) is 0. The molecule has 344 valence electrons. The van der Waals surface area contributed by atoms with Gasteiger partial charge in [0.1, 0.15) is 0 Å². The molecule has 1 spiro atoms. The van der Waals surface area contributed by atoms with Crippen molar-refractivity contribution in [3.8, 4) is 66.8 Å². The first-order chi connectivity index (χ1) is 36.7. The molecule has 15 rings (SSSR count). The lowest BCUT2D eigenvalue weighted by Gasteiger charge is -2.34. The van der Waals surface area contributed by atoms with E-state index in [1.165, 1.54) is 105 Å². The van der Waals surface area contributed by atoms with E-state index in [-0.39, 0.29) is 0 Å². The molecule has 0 fully saturated rings. The van der Waals surface area contributed by atoms with Crippen LogP contribution >= 0.6 is 0 Å². The lowest BCUT2D eigenvalue weighted by Crippen LogP contribution is -2.26. The molecule has 1 heteroatoms. The van der Waals surface area contributed by atoms with Crippen LogP contribution in [0.4, 0.5) is 17.1 Å². The topological polar surface area (TPSA) is 3.24 Å². The highest BCUT2D eigenvalue weighted by atomic mass is 15.1. The van der Waals surface area contributed by atoms with E-state index in [2.05, 4.69) is 290 Å². The lowest BCUT2D eigenvalue weighted by molar-refractivity contribution is 0.794. The maximum atomic E-state index is 2.59. The molecule has 0 bridgehead atoms. The van der Waals surface area contributed by atoms with Crippen LogP contribution in [0.5, 0.6) is 0 Å². The van der Waals surface area contributed by atoms with Gasteiger partial charge in [-0.1, -0.05) is 243 Å². The number of fused-ring (bicyclic) bond motifs is 16. The summed E-state index contributed by atoms with van der Waals surface area (Å²) in [4.78, 5) is 2.59. The van der Waals surface area contributed by atoms with Gasteiger partial charge in [0, 0.05) is 16.9 Å². The Labute approximate surface area is 431 Å². The summed E-state index contributed by atoms with van der Waals surface area (Å²) in [6.07, 6.45) is 0. The van der Waals surface area contributed by atoms with Gasteiger partial charge in [0.2, 0.25) is 0 Å². The fraction of sp³-hybridized carbons (Fsp3) is 0.0137. The van der Waals surface area contributed by atoms with Crippen LogP contribution < -0.4 is 4.90 Å². The van der Waals surface area contributed by atoms with Gasteiger partial charge in [-0.2, -0.15) is 0 Å². The summed E-state index contributed by atoms with van der Waals surface area (Å²) in [6, 6.07) is 106. The molecule has 2 aliphatic carbocycles. The molecule has 1 nitrogen and oxygen atoms in total. The van der Waals surface area contributed by atoms with Crippen molar-refractivity contribution < 1.29 is 0 Å². The molecule has 0 aromatic heterocycles. The van der Waals surface area contributed by atoms with Gasteiger partial charge >= 0.3 is 0 Å². The number of benzene rings is 13. The average Bonchev–Trinajstić information content (AvgIpc) is 3.94. The summed E-state index contributed by atoms with van der Waals surface area (Å²) >= 11 is 0. The number of anilines is 3. The van der Waals surface area contributed by atoms with Gasteiger partial charge in [0.05, 0.1) is 11.1 Å². The van der Waals surface area contributed by atoms with Crippen molar-refractivity contribution in [1.82, 2.24) is 0 Å². The molecule has 0 saturated heterocycles. The number of rotatable bonds is 7. The van der Waals surface area contributed by atoms with Crippen LogP contribution in [0.3, 0.4) is 0 Å². The summed E-state index contributed by atoms with van der Waals surface area (Å²) in [5.74, 6) is 0. The van der Waals surface area contributed by atoms with Crippen molar-refractivity contribution in [1.29, 1.82) is 0 Å². The van der Waals surface area contributed by atoms with Gasteiger partial charge < -0.3 is 4.90 Å². The highest BCUT2D eigenvalue weighted by molar-refractivity contribution is 6.26. The van der Waals surface area contributed by atoms with Gasteiger partial charge in [-0.25, -0.2) is 0 Å². The van der Waals surface area contributed by atoms with Crippen molar-refractivity contribution in [2.45, 2.75) is 5.41 Å². The van der Waals surface area contributed by atoms with Gasteiger partial charge in [0.15, 0.2) is 0 Å². The molecule has 0 heterocycles. The zero-order chi connectivity index (χ0) is 48.7. The van der Waals surface area contributed by atoms with Crippen molar-refractivity contribution >= 4 is 49.4 Å². The first-order valence-electron chi connectivity index (χ1n) is 25.7. The standard InChI is InChI=1S/C73H47N/c1-4-22-48(23-5-1)51-42-52(49-24-6-2-7-25-49)44-54(43-51)74(53-40-41-61-59-32-13-12-30-57(59)58-31-14-15-33-60(58)65(61)45-53)72-47-71-66(46-67(72)56-29-11-10-28-55(56)50-26-8-3-9-27-50)64-36-18-21-39-70(64)73(71)68-37-19-16-34-62(68)63-35-17-20-38-69(63)73/h1-47H. The predicted molar refractivity (Wildman–Crippen MR) is 312 cm³/mol. The van der Waals surface area contributed by atoms with E-state index in [9.17, 15) is 0 Å². The Bertz CT molecular complexity index is 4220. The average molecular weight is 938 g/mol. The van der Waals surface area contributed by atoms with Crippen LogP contribution in [0, 0.1) is 0 Å². The molecule has 0 atom stereocenters. The smallest absolute Gasteiger partial charge is 0.0726 e. The summed E-state index contributed by atoms with van der Waals surface area (Å²) in [5, 5.41) is 7.48. The van der Waals surface area contributed by atoms with E-state index < -0.39 is 5.41 Å². The van der Waals surface area contributed by atoms with Crippen LogP contribution in [0.1, 0.15) is 22.3 Å². The molecule has 0 amide bonds. The van der Waals surface area contributed by atoms with Gasteiger partial charge in [-0.3, -0.25) is 0 Å². The minimum atomic E-state index is -0.559. The van der Waals surface area contributed by atoms with E-state index >= 15 is 0 Å². The lowest BCUT2D eigenvalue weighted by atomic mass is 9.70. The SMILES string of the molecule is c1ccc(-c2cc(-c3ccccc3)cc(N(c3ccc4c5ccccc5c5ccccc5c4c3)c3cc4c(cc3-c3ccccc3-c3ccccc3)-c3ccccc3C43c4ccccc4-c4ccccc43)c2)cc1. The fourth-order valence-corrected chi connectivity index (χ4v) is 12.9. The maximum Gasteiger partial charge on any atom is 0.0726 e. The Kier molecular flexibility index (Phi) is 9.55. The molecule has 13 aromatic rings. The predicted octanol–water partition coefficient (Wildman–Crippen LogP) is 19.6. The second kappa shape index (κ2) is 16.8. The largest absolute Gasteiger partial charge is 0.310 e. The first-order valence-corrected chi connectivity index (χ1v) is 25.7. The Morgan fingerprint density at radius 3 is 1.14 bits per heavy atom. The second-order valence-electron chi connectivity index (χ2n) is 19.9. The van der Waals surface area contributed by atoms with Crippen molar-refractivity contribution in [3.05, 3.63) is 307 Å². The quantitative estimate of drug-likeness (QED) is 0.144. The zero-order valence-corrected chi connectivity index (χ0v) is 40.6. The molecule has 0 radical (unpaired) electrons. The molecule has 0 unspecified atom stereocenters. The van der Waals surface area contributed by atoms with Crippen molar-refractivity contribution in [3.63, 3.8) is 0 Å². The molecule has 74 heavy (non-hydrogen) atoms. The minimum Gasteiger partial charge on any atom is -0.310 e. The monoisotopic (exact) mass is 937 g/mol. The fourth-order valence-electron chi connectivity index (χ4n) is 12.9. The number of nitrogens with zero attached hydrogens (tertiary/aromatic N) is 1. The molecule has 0 aliphatic heterocycles. The summed E-state index contributed by atoms with van der Waals surface area (Å²) in [5.41, 5.74) is 22.4. The molecule has 0 N–H and O–H groups in total. The van der Waals surface area contributed by atoms with Crippen molar-refractivity contribution in [2.24, 2.45) is 0 Å².